The molecule has 0 radical (unpaired) electrons. The van der Waals surface area contributed by atoms with E-state index in [-0.39, 0.29) is 29.1 Å². The van der Waals surface area contributed by atoms with Crippen LogP contribution in [0.4, 0.5) is 0 Å². The number of quaternary nitrogens is 1. The largest absolute Gasteiger partial charge is 0.550 e. The molecule has 8 nitrogen and oxygen atoms in total. The Morgan fingerprint density at radius 1 is 1.10 bits per heavy atom. The Morgan fingerprint density at radius 2 is 1.84 bits per heavy atom. The summed E-state index contributed by atoms with van der Waals surface area (Å²) in [7, 11) is -3.59. The third-order valence-electron chi connectivity index (χ3n) is 6.67. The number of carboxylic acid groups (broad SMARTS) is 1. The third-order valence-corrected chi connectivity index (χ3v) is 8.55. The second kappa shape index (κ2) is 10.6. The van der Waals surface area contributed by atoms with Gasteiger partial charge in [-0.25, -0.2) is 8.42 Å². The van der Waals surface area contributed by atoms with E-state index in [4.69, 9.17) is 0 Å². The highest BCUT2D eigenvalue weighted by atomic mass is 32.2. The number of hydrogen-bond donors (Lipinski definition) is 1. The van der Waals surface area contributed by atoms with Crippen molar-refractivity contribution in [3.05, 3.63) is 30.3 Å². The van der Waals surface area contributed by atoms with Crippen LogP contribution in [-0.2, 0) is 19.6 Å². The van der Waals surface area contributed by atoms with Crippen LogP contribution in [0.5, 0.6) is 0 Å². The van der Waals surface area contributed by atoms with Crippen molar-refractivity contribution in [3.8, 4) is 0 Å². The number of carboxylic acids is 1. The van der Waals surface area contributed by atoms with Crippen molar-refractivity contribution in [1.82, 2.24) is 9.21 Å². The highest BCUT2D eigenvalue weighted by Gasteiger charge is 2.36. The normalized spacial score (nSPS) is 25.7. The van der Waals surface area contributed by atoms with Crippen LogP contribution in [0.25, 0.3) is 0 Å². The molecule has 172 valence electrons. The number of hydrogen-bond acceptors (Lipinski definition) is 5. The molecule has 2 aliphatic rings. The van der Waals surface area contributed by atoms with Gasteiger partial charge in [0.1, 0.15) is 0 Å². The molecule has 0 aromatic heterocycles. The van der Waals surface area contributed by atoms with Crippen molar-refractivity contribution >= 4 is 21.9 Å². The van der Waals surface area contributed by atoms with Crippen LogP contribution in [0.2, 0.25) is 0 Å². The van der Waals surface area contributed by atoms with Gasteiger partial charge in [0, 0.05) is 45.4 Å². The molecule has 1 aromatic rings. The van der Waals surface area contributed by atoms with Gasteiger partial charge in [-0.15, -0.1) is 0 Å². The minimum absolute atomic E-state index is 0.0233. The molecule has 3 rings (SSSR count). The Balaban J connectivity index is 1.66. The molecule has 1 aromatic carbocycles. The lowest BCUT2D eigenvalue weighted by Crippen LogP contribution is -3.12. The Labute approximate surface area is 184 Å². The first-order valence-corrected chi connectivity index (χ1v) is 12.6. The summed E-state index contributed by atoms with van der Waals surface area (Å²) in [6.45, 7) is 6.44. The minimum Gasteiger partial charge on any atom is -0.550 e. The van der Waals surface area contributed by atoms with Crippen LogP contribution >= 0.6 is 0 Å². The first-order valence-electron chi connectivity index (χ1n) is 11.1. The van der Waals surface area contributed by atoms with Gasteiger partial charge in [0.15, 0.2) is 0 Å². The molecule has 1 unspecified atom stereocenters. The molecule has 9 heteroatoms. The molecule has 3 atom stereocenters. The molecule has 31 heavy (non-hydrogen) atoms. The van der Waals surface area contributed by atoms with E-state index in [1.807, 2.05) is 4.90 Å². The number of nitrogens with zero attached hydrogens (tertiary/aromatic N) is 2. The standard InChI is InChI=1S/C22H33N3O5S/c1-18(26)24-11-5-10-23(14-15-24)12-8-20-17-25(13-9-19(20)16-22(27)28)31(29,30)21-6-3-2-4-7-21/h2-4,6-7,19-20H,5,8-17H2,1H3,(H,27,28)/t19-,20-/m0/s1. The molecular weight excluding hydrogens is 418 g/mol. The number of amides is 1. The van der Waals surface area contributed by atoms with Crippen molar-refractivity contribution < 1.29 is 28.0 Å². The summed E-state index contributed by atoms with van der Waals surface area (Å²) in [5.74, 6) is -1.07. The van der Waals surface area contributed by atoms with Crippen molar-refractivity contribution in [3.63, 3.8) is 0 Å². The zero-order chi connectivity index (χ0) is 22.4. The van der Waals surface area contributed by atoms with Crippen LogP contribution in [0.3, 0.4) is 0 Å². The average molecular weight is 452 g/mol. The lowest BCUT2D eigenvalue weighted by Gasteiger charge is -2.38. The van der Waals surface area contributed by atoms with Gasteiger partial charge in [-0.1, -0.05) is 18.2 Å². The molecule has 0 aliphatic carbocycles. The maximum Gasteiger partial charge on any atom is 0.243 e. The second-order valence-corrected chi connectivity index (χ2v) is 10.6. The number of aliphatic carboxylic acids is 1. The Hall–Kier alpha value is -1.97. The number of carbonyl (C=O) groups excluding carboxylic acids is 2. The summed E-state index contributed by atoms with van der Waals surface area (Å²) >= 11 is 0. The van der Waals surface area contributed by atoms with E-state index in [0.29, 0.717) is 19.5 Å². The van der Waals surface area contributed by atoms with Gasteiger partial charge in [-0.2, -0.15) is 4.31 Å². The zero-order valence-corrected chi connectivity index (χ0v) is 19.0. The van der Waals surface area contributed by atoms with Gasteiger partial charge < -0.3 is 19.7 Å². The van der Waals surface area contributed by atoms with Crippen molar-refractivity contribution in [2.24, 2.45) is 11.8 Å². The van der Waals surface area contributed by atoms with Gasteiger partial charge >= 0.3 is 0 Å². The Bertz CT molecular complexity index is 861. The molecule has 0 bridgehead atoms. The van der Waals surface area contributed by atoms with Gasteiger partial charge in [0.25, 0.3) is 0 Å². The molecule has 1 amide bonds. The van der Waals surface area contributed by atoms with Crippen molar-refractivity contribution in [2.75, 3.05) is 45.8 Å². The Kier molecular flexibility index (Phi) is 8.07. The molecule has 0 saturated carbocycles. The van der Waals surface area contributed by atoms with Gasteiger partial charge in [-0.05, 0) is 36.8 Å². The number of nitrogens with one attached hydrogen (secondary N) is 1. The van der Waals surface area contributed by atoms with E-state index in [2.05, 4.69) is 0 Å². The topological polar surface area (TPSA) is 102 Å². The summed E-state index contributed by atoms with van der Waals surface area (Å²) in [6, 6.07) is 8.39. The summed E-state index contributed by atoms with van der Waals surface area (Å²) < 4.78 is 27.6. The minimum atomic E-state index is -3.59. The number of sulfonamides is 1. The van der Waals surface area contributed by atoms with Gasteiger partial charge in [0.05, 0.1) is 31.1 Å². The van der Waals surface area contributed by atoms with E-state index in [9.17, 15) is 23.1 Å². The second-order valence-electron chi connectivity index (χ2n) is 8.71. The van der Waals surface area contributed by atoms with Crippen LogP contribution in [0, 0.1) is 11.8 Å². The van der Waals surface area contributed by atoms with Crippen LogP contribution in [-0.4, -0.2) is 75.3 Å². The predicted octanol–water partition coefficient (Wildman–Crippen LogP) is -1.02. The molecular formula is C22H33N3O5S. The lowest BCUT2D eigenvalue weighted by atomic mass is 9.82. The Morgan fingerprint density at radius 3 is 2.52 bits per heavy atom. The fourth-order valence-electron chi connectivity index (χ4n) is 4.82. The number of rotatable bonds is 7. The van der Waals surface area contributed by atoms with E-state index in [1.54, 1.807) is 37.3 Å². The van der Waals surface area contributed by atoms with E-state index in [1.165, 1.54) is 9.21 Å². The molecule has 2 saturated heterocycles. The van der Waals surface area contributed by atoms with Crippen molar-refractivity contribution in [2.45, 2.75) is 37.5 Å². The molecule has 2 aliphatic heterocycles. The smallest absolute Gasteiger partial charge is 0.243 e. The zero-order valence-electron chi connectivity index (χ0n) is 18.2. The SMILES string of the molecule is CC(=O)N1CCC[NH+](CC[C@H]2CN(S(=O)(=O)c3ccccc3)CC[C@H]2CC(=O)[O-])CC1. The number of piperidine rings is 1. The summed E-state index contributed by atoms with van der Waals surface area (Å²) in [5, 5.41) is 11.3. The van der Waals surface area contributed by atoms with Crippen molar-refractivity contribution in [1.29, 1.82) is 0 Å². The lowest BCUT2D eigenvalue weighted by molar-refractivity contribution is -0.898. The number of benzene rings is 1. The summed E-state index contributed by atoms with van der Waals surface area (Å²) in [5.41, 5.74) is 0. The third kappa shape index (κ3) is 6.27. The first-order chi connectivity index (χ1) is 14.8. The molecule has 1 N–H and O–H groups in total. The quantitative estimate of drug-likeness (QED) is 0.572. The molecule has 0 spiro atoms. The van der Waals surface area contributed by atoms with E-state index in [0.717, 1.165) is 45.6 Å². The average Bonchev–Trinajstić information content (AvgIpc) is 2.99. The maximum absolute atomic E-state index is 13.1. The fourth-order valence-corrected chi connectivity index (χ4v) is 6.35. The van der Waals surface area contributed by atoms with Crippen LogP contribution in [0.1, 0.15) is 32.6 Å². The highest BCUT2D eigenvalue weighted by Crippen LogP contribution is 2.31. The first kappa shape index (κ1) is 23.7. The van der Waals surface area contributed by atoms with Gasteiger partial charge in [0.2, 0.25) is 15.9 Å². The number of carbonyl (C=O) groups is 2. The molecule has 2 heterocycles. The van der Waals surface area contributed by atoms with Crippen LogP contribution in [0.15, 0.2) is 35.2 Å². The monoisotopic (exact) mass is 451 g/mol. The maximum atomic E-state index is 13.1. The summed E-state index contributed by atoms with van der Waals surface area (Å²) in [6.07, 6.45) is 2.19. The fraction of sp³-hybridized carbons (Fsp3) is 0.636. The van der Waals surface area contributed by atoms with Crippen LogP contribution < -0.4 is 10.0 Å². The highest BCUT2D eigenvalue weighted by molar-refractivity contribution is 7.89. The van der Waals surface area contributed by atoms with Gasteiger partial charge in [-0.3, -0.25) is 4.79 Å². The molecule has 2 fully saturated rings. The predicted molar refractivity (Wildman–Crippen MR) is 113 cm³/mol. The van der Waals surface area contributed by atoms with E-state index < -0.39 is 16.0 Å². The summed E-state index contributed by atoms with van der Waals surface area (Å²) in [4.78, 5) is 26.5. The van der Waals surface area contributed by atoms with E-state index >= 15 is 0 Å².